The summed E-state index contributed by atoms with van der Waals surface area (Å²) < 4.78 is 0. The van der Waals surface area contributed by atoms with E-state index in [-0.39, 0.29) is 0 Å². The standard InChI is InChI=1S/C21H25N5/c1-15-16(2)23-20(18-9-7-11-22-13-18)24-21(15)26(5)14-17-8-6-10-19(12-17)25(3)4/h6-13H,14H2,1-5H3. The fraction of sp³-hybridized carbons (Fsp3) is 0.286. The third kappa shape index (κ3) is 3.82. The van der Waals surface area contributed by atoms with E-state index in [0.717, 1.165) is 29.2 Å². The van der Waals surface area contributed by atoms with E-state index in [4.69, 9.17) is 4.98 Å². The summed E-state index contributed by atoms with van der Waals surface area (Å²) in [7, 11) is 6.19. The number of rotatable bonds is 5. The Morgan fingerprint density at radius 2 is 1.77 bits per heavy atom. The molecule has 1 aromatic carbocycles. The van der Waals surface area contributed by atoms with Gasteiger partial charge in [0.15, 0.2) is 5.82 Å². The maximum Gasteiger partial charge on any atom is 0.163 e. The Labute approximate surface area is 155 Å². The molecule has 0 unspecified atom stereocenters. The molecule has 2 heterocycles. The Morgan fingerprint density at radius 1 is 0.962 bits per heavy atom. The molecular weight excluding hydrogens is 322 g/mol. The Bertz CT molecular complexity index is 890. The van der Waals surface area contributed by atoms with E-state index in [2.05, 4.69) is 72.1 Å². The van der Waals surface area contributed by atoms with Crippen molar-refractivity contribution in [2.45, 2.75) is 20.4 Å². The zero-order valence-corrected chi connectivity index (χ0v) is 16.1. The summed E-state index contributed by atoms with van der Waals surface area (Å²) in [5.74, 6) is 1.66. The molecule has 134 valence electrons. The summed E-state index contributed by atoms with van der Waals surface area (Å²) in [5.41, 5.74) is 5.46. The van der Waals surface area contributed by atoms with Crippen LogP contribution in [0.4, 0.5) is 11.5 Å². The number of aromatic nitrogens is 3. The van der Waals surface area contributed by atoms with Crippen LogP contribution in [0, 0.1) is 13.8 Å². The average molecular weight is 347 g/mol. The normalized spacial score (nSPS) is 10.7. The molecule has 0 atom stereocenters. The molecule has 3 rings (SSSR count). The van der Waals surface area contributed by atoms with Crippen LogP contribution in [0.15, 0.2) is 48.8 Å². The van der Waals surface area contributed by atoms with E-state index in [1.807, 2.05) is 19.1 Å². The van der Waals surface area contributed by atoms with Crippen LogP contribution in [0.1, 0.15) is 16.8 Å². The van der Waals surface area contributed by atoms with E-state index < -0.39 is 0 Å². The fourth-order valence-electron chi connectivity index (χ4n) is 2.89. The van der Waals surface area contributed by atoms with Crippen LogP contribution in [0.25, 0.3) is 11.4 Å². The van der Waals surface area contributed by atoms with Gasteiger partial charge in [0.2, 0.25) is 0 Å². The lowest BCUT2D eigenvalue weighted by Crippen LogP contribution is -2.20. The maximum atomic E-state index is 4.82. The van der Waals surface area contributed by atoms with E-state index in [0.29, 0.717) is 5.82 Å². The van der Waals surface area contributed by atoms with Crippen molar-refractivity contribution in [3.8, 4) is 11.4 Å². The highest BCUT2D eigenvalue weighted by molar-refractivity contribution is 5.59. The molecule has 0 aliphatic heterocycles. The third-order valence-electron chi connectivity index (χ3n) is 4.49. The summed E-state index contributed by atoms with van der Waals surface area (Å²) in [6.07, 6.45) is 3.56. The van der Waals surface area contributed by atoms with Crippen molar-refractivity contribution in [1.29, 1.82) is 0 Å². The molecule has 0 saturated carbocycles. The third-order valence-corrected chi connectivity index (χ3v) is 4.49. The lowest BCUT2D eigenvalue weighted by atomic mass is 10.1. The van der Waals surface area contributed by atoms with Gasteiger partial charge in [0.25, 0.3) is 0 Å². The number of hydrogen-bond donors (Lipinski definition) is 0. The number of anilines is 2. The molecular formula is C21H25N5. The lowest BCUT2D eigenvalue weighted by Gasteiger charge is -2.23. The second-order valence-corrected chi connectivity index (χ2v) is 6.74. The number of hydrogen-bond acceptors (Lipinski definition) is 5. The van der Waals surface area contributed by atoms with Crippen molar-refractivity contribution >= 4 is 11.5 Å². The topological polar surface area (TPSA) is 45.2 Å². The second kappa shape index (κ2) is 7.52. The van der Waals surface area contributed by atoms with E-state index in [1.54, 1.807) is 12.4 Å². The number of nitrogens with zero attached hydrogens (tertiary/aromatic N) is 5. The van der Waals surface area contributed by atoms with Gasteiger partial charge < -0.3 is 9.80 Å². The Hall–Kier alpha value is -2.95. The van der Waals surface area contributed by atoms with Crippen molar-refractivity contribution < 1.29 is 0 Å². The molecule has 0 fully saturated rings. The van der Waals surface area contributed by atoms with Crippen LogP contribution in [0.3, 0.4) is 0 Å². The minimum Gasteiger partial charge on any atom is -0.378 e. The monoisotopic (exact) mass is 347 g/mol. The Balaban J connectivity index is 1.93. The first-order valence-corrected chi connectivity index (χ1v) is 8.68. The Morgan fingerprint density at radius 3 is 2.46 bits per heavy atom. The van der Waals surface area contributed by atoms with Gasteiger partial charge >= 0.3 is 0 Å². The minimum absolute atomic E-state index is 0.713. The summed E-state index contributed by atoms with van der Waals surface area (Å²) in [6.45, 7) is 4.89. The molecule has 0 radical (unpaired) electrons. The molecule has 0 aliphatic rings. The lowest BCUT2D eigenvalue weighted by molar-refractivity contribution is 0.877. The van der Waals surface area contributed by atoms with E-state index >= 15 is 0 Å². The van der Waals surface area contributed by atoms with Gasteiger partial charge in [-0.3, -0.25) is 4.98 Å². The quantitative estimate of drug-likeness (QED) is 0.701. The fourth-order valence-corrected chi connectivity index (χ4v) is 2.89. The van der Waals surface area contributed by atoms with Crippen LogP contribution in [0.5, 0.6) is 0 Å². The van der Waals surface area contributed by atoms with Crippen molar-refractivity contribution in [1.82, 2.24) is 15.0 Å². The Kier molecular flexibility index (Phi) is 5.16. The molecule has 3 aromatic rings. The number of pyridine rings is 1. The zero-order valence-electron chi connectivity index (χ0n) is 16.1. The van der Waals surface area contributed by atoms with Gasteiger partial charge in [-0.05, 0) is 43.7 Å². The van der Waals surface area contributed by atoms with Crippen molar-refractivity contribution in [3.05, 3.63) is 65.6 Å². The molecule has 26 heavy (non-hydrogen) atoms. The average Bonchev–Trinajstić information content (AvgIpc) is 2.64. The molecule has 2 aromatic heterocycles. The van der Waals surface area contributed by atoms with Gasteiger partial charge in [-0.15, -0.1) is 0 Å². The van der Waals surface area contributed by atoms with Crippen LogP contribution in [0.2, 0.25) is 0 Å². The van der Waals surface area contributed by atoms with Crippen LogP contribution >= 0.6 is 0 Å². The zero-order chi connectivity index (χ0) is 18.7. The highest BCUT2D eigenvalue weighted by atomic mass is 15.2. The van der Waals surface area contributed by atoms with Gasteiger partial charge in [0, 0.05) is 62.6 Å². The molecule has 0 N–H and O–H groups in total. The summed E-state index contributed by atoms with van der Waals surface area (Å²) in [6, 6.07) is 12.5. The van der Waals surface area contributed by atoms with E-state index in [1.165, 1.54) is 11.3 Å². The predicted octanol–water partition coefficient (Wildman–Crippen LogP) is 3.86. The van der Waals surface area contributed by atoms with Gasteiger partial charge in [-0.25, -0.2) is 9.97 Å². The van der Waals surface area contributed by atoms with Crippen molar-refractivity contribution in [2.24, 2.45) is 0 Å². The number of aryl methyl sites for hydroxylation is 1. The van der Waals surface area contributed by atoms with Crippen LogP contribution in [-0.2, 0) is 6.54 Å². The number of benzene rings is 1. The first-order chi connectivity index (χ1) is 12.5. The smallest absolute Gasteiger partial charge is 0.163 e. The first-order valence-electron chi connectivity index (χ1n) is 8.68. The molecule has 0 spiro atoms. The molecule has 5 nitrogen and oxygen atoms in total. The second-order valence-electron chi connectivity index (χ2n) is 6.74. The maximum absolute atomic E-state index is 4.82. The van der Waals surface area contributed by atoms with Gasteiger partial charge in [0.1, 0.15) is 5.82 Å². The molecule has 0 saturated heterocycles. The summed E-state index contributed by atoms with van der Waals surface area (Å²) in [5, 5.41) is 0. The van der Waals surface area contributed by atoms with Crippen molar-refractivity contribution in [3.63, 3.8) is 0 Å². The summed E-state index contributed by atoms with van der Waals surface area (Å²) in [4.78, 5) is 17.9. The summed E-state index contributed by atoms with van der Waals surface area (Å²) >= 11 is 0. The van der Waals surface area contributed by atoms with Gasteiger partial charge in [-0.1, -0.05) is 12.1 Å². The van der Waals surface area contributed by atoms with Gasteiger partial charge in [-0.2, -0.15) is 0 Å². The van der Waals surface area contributed by atoms with E-state index in [9.17, 15) is 0 Å². The van der Waals surface area contributed by atoms with Crippen LogP contribution in [-0.4, -0.2) is 36.1 Å². The van der Waals surface area contributed by atoms with Crippen LogP contribution < -0.4 is 9.80 Å². The molecule has 0 amide bonds. The largest absolute Gasteiger partial charge is 0.378 e. The predicted molar refractivity (Wildman–Crippen MR) is 108 cm³/mol. The molecule has 5 heteroatoms. The minimum atomic E-state index is 0.713. The SMILES string of the molecule is Cc1nc(-c2cccnc2)nc(N(C)Cc2cccc(N(C)C)c2)c1C. The highest BCUT2D eigenvalue weighted by Crippen LogP contribution is 2.25. The van der Waals surface area contributed by atoms with Crippen molar-refractivity contribution in [2.75, 3.05) is 30.9 Å². The highest BCUT2D eigenvalue weighted by Gasteiger charge is 2.14. The molecule has 0 aliphatic carbocycles. The molecule has 0 bridgehead atoms. The first kappa shape index (κ1) is 17.9. The van der Waals surface area contributed by atoms with Gasteiger partial charge in [0.05, 0.1) is 0 Å².